The fourth-order valence-corrected chi connectivity index (χ4v) is 3.38. The second kappa shape index (κ2) is 8.24. The Balaban J connectivity index is 1.55. The van der Waals surface area contributed by atoms with Gasteiger partial charge < -0.3 is 4.42 Å². The molecule has 4 rings (SSSR count). The average molecular weight is 421 g/mol. The smallest absolute Gasteiger partial charge is 0.227 e. The van der Waals surface area contributed by atoms with Crippen molar-refractivity contribution < 1.29 is 4.42 Å². The van der Waals surface area contributed by atoms with Crippen LogP contribution in [0.1, 0.15) is 16.7 Å². The highest BCUT2D eigenvalue weighted by Crippen LogP contribution is 2.28. The highest BCUT2D eigenvalue weighted by atomic mass is 35.5. The van der Waals surface area contributed by atoms with Gasteiger partial charge in [0.15, 0.2) is 5.58 Å². The van der Waals surface area contributed by atoms with E-state index in [4.69, 9.17) is 27.6 Å². The molecule has 4 aromatic rings. The predicted molar refractivity (Wildman–Crippen MR) is 123 cm³/mol. The summed E-state index contributed by atoms with van der Waals surface area (Å²) >= 11 is 12.1. The van der Waals surface area contributed by atoms with Crippen molar-refractivity contribution in [1.82, 2.24) is 4.98 Å². The van der Waals surface area contributed by atoms with Crippen LogP contribution in [0.15, 0.2) is 70.1 Å². The molecule has 0 spiro atoms. The Morgan fingerprint density at radius 3 is 2.59 bits per heavy atom. The van der Waals surface area contributed by atoms with Gasteiger partial charge in [-0.1, -0.05) is 41.4 Å². The zero-order valence-electron chi connectivity index (χ0n) is 16.0. The summed E-state index contributed by atoms with van der Waals surface area (Å²) < 4.78 is 5.91. The molecule has 29 heavy (non-hydrogen) atoms. The third-order valence-electron chi connectivity index (χ3n) is 4.67. The highest BCUT2D eigenvalue weighted by molar-refractivity contribution is 6.35. The van der Waals surface area contributed by atoms with Crippen molar-refractivity contribution in [2.75, 3.05) is 0 Å². The Hall–Kier alpha value is -2.88. The zero-order chi connectivity index (χ0) is 20.4. The van der Waals surface area contributed by atoms with Gasteiger partial charge >= 0.3 is 0 Å². The van der Waals surface area contributed by atoms with Crippen LogP contribution < -0.4 is 0 Å². The molecule has 0 saturated carbocycles. The van der Waals surface area contributed by atoms with E-state index in [1.807, 2.05) is 42.5 Å². The number of fused-ring (bicyclic) bond motifs is 1. The number of benzene rings is 3. The Labute approximate surface area is 179 Å². The van der Waals surface area contributed by atoms with Gasteiger partial charge in [0.25, 0.3) is 0 Å². The van der Waals surface area contributed by atoms with E-state index in [0.717, 1.165) is 27.9 Å². The molecule has 1 heterocycles. The van der Waals surface area contributed by atoms with Crippen molar-refractivity contribution >= 4 is 52.3 Å². The number of halogens is 2. The standard InChI is InChI=1S/C24H18Cl2N2O/c1-15-5-6-18(12-16(15)2)24-28-22-14-20(9-10-23(22)29-24)27-11-3-4-17-7-8-19(25)13-21(17)26/h3-14H,1-2H3/b4-3+,27-11?. The zero-order valence-corrected chi connectivity index (χ0v) is 17.5. The summed E-state index contributed by atoms with van der Waals surface area (Å²) in [4.78, 5) is 9.09. The molecule has 0 amide bonds. The minimum absolute atomic E-state index is 0.602. The monoisotopic (exact) mass is 420 g/mol. The van der Waals surface area contributed by atoms with Crippen molar-refractivity contribution in [1.29, 1.82) is 0 Å². The molecule has 0 radical (unpaired) electrons. The largest absolute Gasteiger partial charge is 0.436 e. The number of oxazole rings is 1. The number of rotatable bonds is 4. The van der Waals surface area contributed by atoms with Crippen LogP contribution in [0.4, 0.5) is 5.69 Å². The second-order valence-electron chi connectivity index (χ2n) is 6.77. The Bertz CT molecular complexity index is 1260. The first-order valence-corrected chi connectivity index (χ1v) is 9.89. The highest BCUT2D eigenvalue weighted by Gasteiger charge is 2.09. The molecule has 144 valence electrons. The van der Waals surface area contributed by atoms with Gasteiger partial charge in [-0.15, -0.1) is 0 Å². The number of hydrogen-bond donors (Lipinski definition) is 0. The number of nitrogens with zero attached hydrogens (tertiary/aromatic N) is 2. The minimum atomic E-state index is 0.602. The van der Waals surface area contributed by atoms with Gasteiger partial charge in [-0.05, 0) is 79.1 Å². The van der Waals surface area contributed by atoms with Crippen LogP contribution in [0.25, 0.3) is 28.6 Å². The van der Waals surface area contributed by atoms with E-state index in [2.05, 4.69) is 36.0 Å². The normalized spacial score (nSPS) is 11.9. The number of allylic oxidation sites excluding steroid dienone is 1. The topological polar surface area (TPSA) is 38.4 Å². The molecule has 3 aromatic carbocycles. The van der Waals surface area contributed by atoms with Gasteiger partial charge in [0.2, 0.25) is 5.89 Å². The van der Waals surface area contributed by atoms with Crippen LogP contribution in [-0.2, 0) is 0 Å². The molecule has 0 N–H and O–H groups in total. The summed E-state index contributed by atoms with van der Waals surface area (Å²) in [5, 5.41) is 1.21. The average Bonchev–Trinajstić information content (AvgIpc) is 3.12. The summed E-state index contributed by atoms with van der Waals surface area (Å²) in [6.07, 6.45) is 5.44. The van der Waals surface area contributed by atoms with Crippen molar-refractivity contribution in [3.05, 3.63) is 87.4 Å². The van der Waals surface area contributed by atoms with E-state index in [-0.39, 0.29) is 0 Å². The van der Waals surface area contributed by atoms with Crippen LogP contribution >= 0.6 is 23.2 Å². The van der Waals surface area contributed by atoms with Crippen LogP contribution in [0.3, 0.4) is 0 Å². The molecule has 0 aliphatic rings. The summed E-state index contributed by atoms with van der Waals surface area (Å²) in [5.74, 6) is 0.613. The van der Waals surface area contributed by atoms with E-state index in [9.17, 15) is 0 Å². The van der Waals surface area contributed by atoms with Crippen molar-refractivity contribution in [3.8, 4) is 11.5 Å². The lowest BCUT2D eigenvalue weighted by Gasteiger charge is -2.01. The van der Waals surface area contributed by atoms with Crippen LogP contribution in [0.5, 0.6) is 0 Å². The predicted octanol–water partition coefficient (Wildman–Crippen LogP) is 7.83. The first-order valence-electron chi connectivity index (χ1n) is 9.13. The van der Waals surface area contributed by atoms with E-state index in [0.29, 0.717) is 15.9 Å². The number of aromatic nitrogens is 1. The van der Waals surface area contributed by atoms with Crippen LogP contribution in [0, 0.1) is 13.8 Å². The Morgan fingerprint density at radius 2 is 1.79 bits per heavy atom. The van der Waals surface area contributed by atoms with Gasteiger partial charge in [-0.25, -0.2) is 4.98 Å². The summed E-state index contributed by atoms with van der Waals surface area (Å²) in [5.41, 5.74) is 6.62. The second-order valence-corrected chi connectivity index (χ2v) is 7.62. The molecular formula is C24H18Cl2N2O. The van der Waals surface area contributed by atoms with E-state index in [1.165, 1.54) is 11.1 Å². The first-order chi connectivity index (χ1) is 14.0. The molecule has 0 aliphatic carbocycles. The maximum atomic E-state index is 6.16. The van der Waals surface area contributed by atoms with Gasteiger partial charge in [0, 0.05) is 21.8 Å². The molecule has 3 nitrogen and oxygen atoms in total. The number of hydrogen-bond acceptors (Lipinski definition) is 3. The van der Waals surface area contributed by atoms with Gasteiger partial charge in [0.1, 0.15) is 5.52 Å². The van der Waals surface area contributed by atoms with Crippen molar-refractivity contribution in [2.24, 2.45) is 4.99 Å². The Morgan fingerprint density at radius 1 is 0.931 bits per heavy atom. The lowest BCUT2D eigenvalue weighted by Crippen LogP contribution is -1.83. The number of aliphatic imine (C=N–C) groups is 1. The summed E-state index contributed by atoms with van der Waals surface area (Å²) in [7, 11) is 0. The maximum Gasteiger partial charge on any atom is 0.227 e. The van der Waals surface area contributed by atoms with E-state index in [1.54, 1.807) is 18.3 Å². The van der Waals surface area contributed by atoms with Gasteiger partial charge in [0.05, 0.1) is 5.69 Å². The molecule has 1 aromatic heterocycles. The lowest BCUT2D eigenvalue weighted by atomic mass is 10.1. The van der Waals surface area contributed by atoms with Gasteiger partial charge in [-0.2, -0.15) is 0 Å². The third-order valence-corrected chi connectivity index (χ3v) is 5.24. The summed E-state index contributed by atoms with van der Waals surface area (Å²) in [6.45, 7) is 4.17. The quantitative estimate of drug-likeness (QED) is 0.315. The van der Waals surface area contributed by atoms with Crippen LogP contribution in [-0.4, -0.2) is 11.2 Å². The molecule has 0 aliphatic heterocycles. The fraction of sp³-hybridized carbons (Fsp3) is 0.0833. The molecule has 0 unspecified atom stereocenters. The molecule has 0 atom stereocenters. The fourth-order valence-electron chi connectivity index (χ4n) is 2.91. The lowest BCUT2D eigenvalue weighted by molar-refractivity contribution is 0.620. The first kappa shape index (κ1) is 19.4. The molecular weight excluding hydrogens is 403 g/mol. The molecule has 0 fully saturated rings. The van der Waals surface area contributed by atoms with Crippen molar-refractivity contribution in [2.45, 2.75) is 13.8 Å². The van der Waals surface area contributed by atoms with E-state index >= 15 is 0 Å². The molecule has 0 saturated heterocycles. The SMILES string of the molecule is Cc1ccc(-c2nc3cc(N=C/C=C/c4ccc(Cl)cc4Cl)ccc3o2)cc1C. The molecule has 0 bridgehead atoms. The minimum Gasteiger partial charge on any atom is -0.436 e. The van der Waals surface area contributed by atoms with E-state index < -0.39 is 0 Å². The summed E-state index contributed by atoms with van der Waals surface area (Å²) in [6, 6.07) is 17.3. The van der Waals surface area contributed by atoms with Crippen molar-refractivity contribution in [3.63, 3.8) is 0 Å². The van der Waals surface area contributed by atoms with Crippen LogP contribution in [0.2, 0.25) is 10.0 Å². The Kier molecular flexibility index (Phi) is 5.52. The number of aryl methyl sites for hydroxylation is 2. The molecule has 5 heteroatoms. The maximum absolute atomic E-state index is 6.16. The van der Waals surface area contributed by atoms with Gasteiger partial charge in [-0.3, -0.25) is 4.99 Å². The third kappa shape index (κ3) is 4.42.